The van der Waals surface area contributed by atoms with Gasteiger partial charge in [0.05, 0.1) is 0 Å². The number of amides is 1. The Bertz CT molecular complexity index is 703. The van der Waals surface area contributed by atoms with Gasteiger partial charge in [-0.1, -0.05) is 29.8 Å². The van der Waals surface area contributed by atoms with E-state index in [1.54, 1.807) is 12.1 Å². The number of halogens is 2. The van der Waals surface area contributed by atoms with Gasteiger partial charge >= 0.3 is 0 Å². The van der Waals surface area contributed by atoms with Crippen LogP contribution in [0.1, 0.15) is 28.8 Å². The maximum Gasteiger partial charge on any atom is 0.251 e. The number of hydrogen-bond acceptors (Lipinski definition) is 3. The third kappa shape index (κ3) is 5.92. The van der Waals surface area contributed by atoms with E-state index in [1.807, 2.05) is 36.4 Å². The number of ether oxygens (including phenoxy) is 1. The molecule has 1 unspecified atom stereocenters. The minimum atomic E-state index is -0.0584. The molecule has 4 nitrogen and oxygen atoms in total. The maximum atomic E-state index is 12.4. The molecule has 0 aliphatic carbocycles. The highest BCUT2D eigenvalue weighted by molar-refractivity contribution is 6.30. The van der Waals surface area contributed by atoms with Crippen LogP contribution >= 0.6 is 24.0 Å². The van der Waals surface area contributed by atoms with E-state index in [0.717, 1.165) is 31.5 Å². The van der Waals surface area contributed by atoms with E-state index >= 15 is 0 Å². The topological polar surface area (TPSA) is 50.4 Å². The standard InChI is InChI=1S/C19H21ClN2O2.ClH/c20-16-6-1-4-14(10-16)13-24-18-8-2-5-15(11-18)19(23)22-17-7-3-9-21-12-17;/h1-2,4-6,8,10-11,17,21H,3,7,9,12-13H2,(H,22,23);1H. The van der Waals surface area contributed by atoms with Crippen LogP contribution in [-0.4, -0.2) is 25.0 Å². The number of carbonyl (C=O) groups is 1. The molecule has 3 rings (SSSR count). The molecular formula is C19H22Cl2N2O2. The summed E-state index contributed by atoms with van der Waals surface area (Å²) in [6.45, 7) is 2.27. The van der Waals surface area contributed by atoms with Gasteiger partial charge in [0.1, 0.15) is 12.4 Å². The van der Waals surface area contributed by atoms with Gasteiger partial charge < -0.3 is 15.4 Å². The lowest BCUT2D eigenvalue weighted by molar-refractivity contribution is 0.0930. The van der Waals surface area contributed by atoms with Gasteiger partial charge in [-0.3, -0.25) is 4.79 Å². The van der Waals surface area contributed by atoms with Crippen LogP contribution in [0.25, 0.3) is 0 Å². The molecule has 0 saturated carbocycles. The first-order valence-electron chi connectivity index (χ1n) is 8.19. The van der Waals surface area contributed by atoms with Crippen molar-refractivity contribution >= 4 is 29.9 Å². The number of nitrogens with one attached hydrogen (secondary N) is 2. The third-order valence-electron chi connectivity index (χ3n) is 4.02. The van der Waals surface area contributed by atoms with Crippen molar-refractivity contribution in [1.29, 1.82) is 0 Å². The Balaban J connectivity index is 0.00000225. The Morgan fingerprint density at radius 3 is 2.84 bits per heavy atom. The second-order valence-electron chi connectivity index (χ2n) is 5.96. The summed E-state index contributed by atoms with van der Waals surface area (Å²) in [5.74, 6) is 0.612. The molecule has 0 bridgehead atoms. The molecular weight excluding hydrogens is 359 g/mol. The van der Waals surface area contributed by atoms with Crippen LogP contribution in [0.5, 0.6) is 5.75 Å². The molecule has 2 aromatic rings. The van der Waals surface area contributed by atoms with Gasteiger partial charge in [0.2, 0.25) is 0 Å². The minimum Gasteiger partial charge on any atom is -0.489 e. The van der Waals surface area contributed by atoms with Crippen molar-refractivity contribution < 1.29 is 9.53 Å². The van der Waals surface area contributed by atoms with E-state index in [-0.39, 0.29) is 24.4 Å². The van der Waals surface area contributed by atoms with Gasteiger partial charge in [-0.25, -0.2) is 0 Å². The number of piperidine rings is 1. The highest BCUT2D eigenvalue weighted by Crippen LogP contribution is 2.17. The number of carbonyl (C=O) groups excluding carboxylic acids is 1. The SMILES string of the molecule is Cl.O=C(NC1CCCNC1)c1cccc(OCc2cccc(Cl)c2)c1. The normalized spacial score (nSPS) is 16.6. The van der Waals surface area contributed by atoms with Crippen LogP contribution in [0.15, 0.2) is 48.5 Å². The third-order valence-corrected chi connectivity index (χ3v) is 4.26. The van der Waals surface area contributed by atoms with Gasteiger partial charge in [-0.05, 0) is 55.3 Å². The Labute approximate surface area is 159 Å². The molecule has 0 radical (unpaired) electrons. The Hall–Kier alpha value is -1.75. The Kier molecular flexibility index (Phi) is 7.56. The van der Waals surface area contributed by atoms with Gasteiger partial charge in [-0.15, -0.1) is 12.4 Å². The van der Waals surface area contributed by atoms with Gasteiger partial charge in [0.15, 0.2) is 0 Å². The van der Waals surface area contributed by atoms with E-state index < -0.39 is 0 Å². The summed E-state index contributed by atoms with van der Waals surface area (Å²) in [5.41, 5.74) is 1.61. The smallest absolute Gasteiger partial charge is 0.251 e. The molecule has 1 heterocycles. The van der Waals surface area contributed by atoms with Gasteiger partial charge in [0.25, 0.3) is 5.91 Å². The van der Waals surface area contributed by atoms with Crippen molar-refractivity contribution in [3.8, 4) is 5.75 Å². The number of hydrogen-bond donors (Lipinski definition) is 2. The molecule has 0 aromatic heterocycles. The van der Waals surface area contributed by atoms with Crippen molar-refractivity contribution in [3.63, 3.8) is 0 Å². The lowest BCUT2D eigenvalue weighted by atomic mass is 10.1. The zero-order valence-electron chi connectivity index (χ0n) is 13.8. The van der Waals surface area contributed by atoms with Crippen molar-refractivity contribution in [2.45, 2.75) is 25.5 Å². The van der Waals surface area contributed by atoms with E-state index in [1.165, 1.54) is 0 Å². The van der Waals surface area contributed by atoms with E-state index in [0.29, 0.717) is 22.9 Å². The lowest BCUT2D eigenvalue weighted by Crippen LogP contribution is -2.45. The molecule has 2 N–H and O–H groups in total. The molecule has 134 valence electrons. The van der Waals surface area contributed by atoms with Crippen LogP contribution in [-0.2, 0) is 6.61 Å². The zero-order valence-corrected chi connectivity index (χ0v) is 15.4. The fourth-order valence-electron chi connectivity index (χ4n) is 2.76. The summed E-state index contributed by atoms with van der Waals surface area (Å²) in [5, 5.41) is 7.05. The summed E-state index contributed by atoms with van der Waals surface area (Å²) < 4.78 is 5.78. The summed E-state index contributed by atoms with van der Waals surface area (Å²) in [4.78, 5) is 12.4. The molecule has 1 saturated heterocycles. The number of rotatable bonds is 5. The summed E-state index contributed by atoms with van der Waals surface area (Å²) >= 11 is 5.97. The van der Waals surface area contributed by atoms with Crippen molar-refractivity contribution in [2.24, 2.45) is 0 Å². The van der Waals surface area contributed by atoms with Crippen molar-refractivity contribution in [2.75, 3.05) is 13.1 Å². The molecule has 2 aromatic carbocycles. The van der Waals surface area contributed by atoms with E-state index in [2.05, 4.69) is 10.6 Å². The van der Waals surface area contributed by atoms with Crippen molar-refractivity contribution in [1.82, 2.24) is 10.6 Å². The zero-order chi connectivity index (χ0) is 16.8. The predicted molar refractivity (Wildman–Crippen MR) is 103 cm³/mol. The van der Waals surface area contributed by atoms with Gasteiger partial charge in [0, 0.05) is 23.2 Å². The second-order valence-corrected chi connectivity index (χ2v) is 6.40. The Morgan fingerprint density at radius 2 is 2.08 bits per heavy atom. The van der Waals surface area contributed by atoms with E-state index in [9.17, 15) is 4.79 Å². The number of benzene rings is 2. The fourth-order valence-corrected chi connectivity index (χ4v) is 2.98. The quantitative estimate of drug-likeness (QED) is 0.828. The first-order valence-corrected chi connectivity index (χ1v) is 8.57. The molecule has 1 amide bonds. The highest BCUT2D eigenvalue weighted by atomic mass is 35.5. The first kappa shape index (κ1) is 19.6. The maximum absolute atomic E-state index is 12.4. The molecule has 6 heteroatoms. The average molecular weight is 381 g/mol. The predicted octanol–water partition coefficient (Wildman–Crippen LogP) is 3.82. The average Bonchev–Trinajstić information content (AvgIpc) is 2.61. The minimum absolute atomic E-state index is 0. The van der Waals surface area contributed by atoms with Crippen LogP contribution < -0.4 is 15.4 Å². The monoisotopic (exact) mass is 380 g/mol. The largest absolute Gasteiger partial charge is 0.489 e. The fraction of sp³-hybridized carbons (Fsp3) is 0.316. The Morgan fingerprint density at radius 1 is 1.24 bits per heavy atom. The first-order chi connectivity index (χ1) is 11.7. The van der Waals surface area contributed by atoms with Crippen LogP contribution in [0, 0.1) is 0 Å². The summed E-state index contributed by atoms with van der Waals surface area (Å²) in [7, 11) is 0. The van der Waals surface area contributed by atoms with Gasteiger partial charge in [-0.2, -0.15) is 0 Å². The lowest BCUT2D eigenvalue weighted by Gasteiger charge is -2.23. The summed E-state index contributed by atoms with van der Waals surface area (Å²) in [6, 6.07) is 15.0. The molecule has 0 spiro atoms. The van der Waals surface area contributed by atoms with Crippen LogP contribution in [0.2, 0.25) is 5.02 Å². The second kappa shape index (κ2) is 9.66. The van der Waals surface area contributed by atoms with Crippen LogP contribution in [0.3, 0.4) is 0 Å². The van der Waals surface area contributed by atoms with Crippen molar-refractivity contribution in [3.05, 3.63) is 64.7 Å². The van der Waals surface area contributed by atoms with E-state index in [4.69, 9.17) is 16.3 Å². The summed E-state index contributed by atoms with van der Waals surface area (Å²) in [6.07, 6.45) is 2.11. The van der Waals surface area contributed by atoms with Crippen LogP contribution in [0.4, 0.5) is 0 Å². The molecule has 1 atom stereocenters. The molecule has 1 fully saturated rings. The molecule has 1 aliphatic heterocycles. The molecule has 25 heavy (non-hydrogen) atoms. The molecule has 1 aliphatic rings. The highest BCUT2D eigenvalue weighted by Gasteiger charge is 2.16.